The summed E-state index contributed by atoms with van der Waals surface area (Å²) >= 11 is 1.55. The van der Waals surface area contributed by atoms with Crippen LogP contribution in [0.2, 0.25) is 0 Å². The van der Waals surface area contributed by atoms with Crippen molar-refractivity contribution in [2.24, 2.45) is 0 Å². The molecule has 1 saturated heterocycles. The lowest BCUT2D eigenvalue weighted by atomic mass is 10.0. The number of carbonyl (C=O) groups is 1. The first-order chi connectivity index (χ1) is 15.5. The number of ether oxygens (including phenoxy) is 1. The molecule has 0 saturated carbocycles. The molecule has 3 heterocycles. The van der Waals surface area contributed by atoms with Crippen LogP contribution in [0.1, 0.15) is 34.8 Å². The Morgan fingerprint density at radius 1 is 1.12 bits per heavy atom. The molecule has 0 radical (unpaired) electrons. The van der Waals surface area contributed by atoms with Crippen LogP contribution in [0.25, 0.3) is 11.1 Å². The van der Waals surface area contributed by atoms with Crippen LogP contribution in [-0.4, -0.2) is 52.0 Å². The van der Waals surface area contributed by atoms with E-state index in [2.05, 4.69) is 25.2 Å². The summed E-state index contributed by atoms with van der Waals surface area (Å²) in [6.45, 7) is 9.73. The van der Waals surface area contributed by atoms with E-state index in [1.807, 2.05) is 39.0 Å². The average molecular weight is 452 g/mol. The van der Waals surface area contributed by atoms with Crippen LogP contribution < -0.4 is 10.1 Å². The van der Waals surface area contributed by atoms with E-state index in [-0.39, 0.29) is 12.3 Å². The van der Waals surface area contributed by atoms with Gasteiger partial charge in [0, 0.05) is 39.6 Å². The molecule has 1 aromatic carbocycles. The normalized spacial score (nSPS) is 14.0. The molecule has 2 aromatic heterocycles. The summed E-state index contributed by atoms with van der Waals surface area (Å²) in [5, 5.41) is 3.01. The summed E-state index contributed by atoms with van der Waals surface area (Å²) in [4.78, 5) is 29.1. The van der Waals surface area contributed by atoms with Crippen molar-refractivity contribution >= 4 is 22.9 Å². The van der Waals surface area contributed by atoms with E-state index in [4.69, 9.17) is 4.74 Å². The summed E-state index contributed by atoms with van der Waals surface area (Å²) in [5.74, 6) is 0.684. The van der Waals surface area contributed by atoms with Gasteiger partial charge in [-0.3, -0.25) is 9.69 Å². The van der Waals surface area contributed by atoms with Gasteiger partial charge in [0.25, 0.3) is 0 Å². The van der Waals surface area contributed by atoms with Gasteiger partial charge < -0.3 is 10.1 Å². The molecule has 0 unspecified atom stereocenters. The van der Waals surface area contributed by atoms with Gasteiger partial charge in [-0.15, -0.1) is 11.3 Å². The highest BCUT2D eigenvalue weighted by molar-refractivity contribution is 7.09. The largest absolute Gasteiger partial charge is 0.492 e. The van der Waals surface area contributed by atoms with E-state index < -0.39 is 0 Å². The number of anilines is 1. The van der Waals surface area contributed by atoms with Crippen LogP contribution in [-0.2, 0) is 11.2 Å². The Balaban J connectivity index is 1.56. The van der Waals surface area contributed by atoms with Crippen molar-refractivity contribution in [1.29, 1.82) is 0 Å². The molecule has 1 amide bonds. The fraction of sp³-hybridized carbons (Fsp3) is 0.417. The summed E-state index contributed by atoms with van der Waals surface area (Å²) in [5.41, 5.74) is 6.89. The van der Waals surface area contributed by atoms with E-state index in [1.165, 1.54) is 12.8 Å². The Labute approximate surface area is 192 Å². The highest BCUT2D eigenvalue weighted by Gasteiger charge is 2.17. The molecule has 1 aliphatic heterocycles. The number of carbonyl (C=O) groups excluding carboxylic acids is 1. The number of rotatable bonds is 8. The number of hydrogen-bond donors (Lipinski definition) is 1. The maximum atomic E-state index is 12.6. The second-order valence-corrected chi connectivity index (χ2v) is 9.17. The van der Waals surface area contributed by atoms with E-state index >= 15 is 0 Å². The molecular formula is C24H29N5O2S. The SMILES string of the molecule is Cc1ncnc(C)c1-c1cc(NC(=O)Cc2ncsc2C)ccc1OCCN1CCCC1. The number of benzene rings is 1. The average Bonchev–Trinajstić information content (AvgIpc) is 3.41. The van der Waals surface area contributed by atoms with Gasteiger partial charge in [-0.1, -0.05) is 0 Å². The van der Waals surface area contributed by atoms with Gasteiger partial charge in [-0.2, -0.15) is 0 Å². The third kappa shape index (κ3) is 5.31. The maximum absolute atomic E-state index is 12.6. The van der Waals surface area contributed by atoms with Gasteiger partial charge in [-0.05, 0) is 64.9 Å². The van der Waals surface area contributed by atoms with Gasteiger partial charge in [0.15, 0.2) is 0 Å². The second-order valence-electron chi connectivity index (χ2n) is 8.11. The molecule has 4 rings (SSSR count). The van der Waals surface area contributed by atoms with Crippen molar-refractivity contribution in [3.05, 3.63) is 52.0 Å². The Morgan fingerprint density at radius 3 is 2.56 bits per heavy atom. The first kappa shape index (κ1) is 22.4. The molecule has 32 heavy (non-hydrogen) atoms. The predicted molar refractivity (Wildman–Crippen MR) is 127 cm³/mol. The van der Waals surface area contributed by atoms with Gasteiger partial charge >= 0.3 is 0 Å². The van der Waals surface area contributed by atoms with Crippen molar-refractivity contribution in [3.63, 3.8) is 0 Å². The Bertz CT molecular complexity index is 1070. The number of likely N-dealkylation sites (tertiary alicyclic amines) is 1. The van der Waals surface area contributed by atoms with Gasteiger partial charge in [0.05, 0.1) is 17.6 Å². The van der Waals surface area contributed by atoms with Crippen molar-refractivity contribution in [3.8, 4) is 16.9 Å². The van der Waals surface area contributed by atoms with Crippen molar-refractivity contribution in [2.75, 3.05) is 31.6 Å². The van der Waals surface area contributed by atoms with Crippen LogP contribution in [0.5, 0.6) is 5.75 Å². The van der Waals surface area contributed by atoms with Crippen LogP contribution >= 0.6 is 11.3 Å². The zero-order chi connectivity index (χ0) is 22.5. The summed E-state index contributed by atoms with van der Waals surface area (Å²) in [6, 6.07) is 5.76. The molecule has 0 atom stereocenters. The Hall–Kier alpha value is -2.84. The van der Waals surface area contributed by atoms with E-state index in [0.717, 1.165) is 58.5 Å². The molecule has 168 valence electrons. The molecular weight excluding hydrogens is 422 g/mol. The molecule has 1 N–H and O–H groups in total. The zero-order valence-corrected chi connectivity index (χ0v) is 19.7. The molecule has 1 fully saturated rings. The summed E-state index contributed by atoms with van der Waals surface area (Å²) in [7, 11) is 0. The summed E-state index contributed by atoms with van der Waals surface area (Å²) < 4.78 is 6.21. The highest BCUT2D eigenvalue weighted by Crippen LogP contribution is 2.35. The first-order valence-corrected chi connectivity index (χ1v) is 11.9. The number of amides is 1. The van der Waals surface area contributed by atoms with E-state index in [0.29, 0.717) is 12.3 Å². The molecule has 0 bridgehead atoms. The topological polar surface area (TPSA) is 80.2 Å². The minimum absolute atomic E-state index is 0.0922. The quantitative estimate of drug-likeness (QED) is 0.553. The molecule has 7 nitrogen and oxygen atoms in total. The fourth-order valence-electron chi connectivity index (χ4n) is 4.06. The molecule has 1 aliphatic rings. The Kier molecular flexibility index (Phi) is 7.12. The lowest BCUT2D eigenvalue weighted by molar-refractivity contribution is -0.115. The van der Waals surface area contributed by atoms with Crippen LogP contribution in [0.15, 0.2) is 30.0 Å². The molecule has 3 aromatic rings. The van der Waals surface area contributed by atoms with E-state index in [1.54, 1.807) is 23.2 Å². The third-order valence-electron chi connectivity index (χ3n) is 5.80. The minimum atomic E-state index is -0.0922. The van der Waals surface area contributed by atoms with Crippen LogP contribution in [0.4, 0.5) is 5.69 Å². The lowest BCUT2D eigenvalue weighted by Gasteiger charge is -2.18. The number of aromatic nitrogens is 3. The van der Waals surface area contributed by atoms with Crippen molar-refractivity contribution in [2.45, 2.75) is 40.0 Å². The number of hydrogen-bond acceptors (Lipinski definition) is 7. The van der Waals surface area contributed by atoms with Gasteiger partial charge in [-0.25, -0.2) is 15.0 Å². The highest BCUT2D eigenvalue weighted by atomic mass is 32.1. The Morgan fingerprint density at radius 2 is 1.88 bits per heavy atom. The number of nitrogens with zero attached hydrogens (tertiary/aromatic N) is 4. The van der Waals surface area contributed by atoms with Gasteiger partial charge in [0.1, 0.15) is 18.7 Å². The number of thiazole rings is 1. The second kappa shape index (κ2) is 10.2. The number of nitrogens with one attached hydrogen (secondary N) is 1. The monoisotopic (exact) mass is 451 g/mol. The van der Waals surface area contributed by atoms with Crippen molar-refractivity contribution in [1.82, 2.24) is 19.9 Å². The molecule has 0 aliphatic carbocycles. The minimum Gasteiger partial charge on any atom is -0.492 e. The fourth-order valence-corrected chi connectivity index (χ4v) is 4.66. The molecule has 8 heteroatoms. The third-order valence-corrected chi connectivity index (χ3v) is 6.60. The van der Waals surface area contributed by atoms with E-state index in [9.17, 15) is 4.79 Å². The van der Waals surface area contributed by atoms with Crippen LogP contribution in [0.3, 0.4) is 0 Å². The van der Waals surface area contributed by atoms with Crippen LogP contribution in [0, 0.1) is 20.8 Å². The summed E-state index contributed by atoms with van der Waals surface area (Å²) in [6.07, 6.45) is 4.36. The maximum Gasteiger partial charge on any atom is 0.230 e. The lowest BCUT2D eigenvalue weighted by Crippen LogP contribution is -2.25. The molecule has 0 spiro atoms. The first-order valence-electron chi connectivity index (χ1n) is 11.0. The zero-order valence-electron chi connectivity index (χ0n) is 18.9. The smallest absolute Gasteiger partial charge is 0.230 e. The van der Waals surface area contributed by atoms with Gasteiger partial charge in [0.2, 0.25) is 5.91 Å². The predicted octanol–water partition coefficient (Wildman–Crippen LogP) is 4.18. The number of aryl methyl sites for hydroxylation is 3. The standard InChI is InChI=1S/C24H29N5O2S/c1-16-24(17(2)26-14-25-16)20-12-19(28-23(30)13-21-18(3)32-15-27-21)6-7-22(20)31-11-10-29-8-4-5-9-29/h6-7,12,14-15H,4-5,8-11,13H2,1-3H3,(H,28,30). The van der Waals surface area contributed by atoms with Crippen molar-refractivity contribution < 1.29 is 9.53 Å².